The van der Waals surface area contributed by atoms with Crippen molar-refractivity contribution in [1.29, 1.82) is 0 Å². The summed E-state index contributed by atoms with van der Waals surface area (Å²) in [6.45, 7) is 0. The van der Waals surface area contributed by atoms with E-state index < -0.39 is 0 Å². The first-order chi connectivity index (χ1) is 10.6. The average molecular weight is 363 g/mol. The van der Waals surface area contributed by atoms with Crippen molar-refractivity contribution in [2.24, 2.45) is 0 Å². The van der Waals surface area contributed by atoms with Crippen LogP contribution in [0.25, 0.3) is 0 Å². The Kier molecular flexibility index (Phi) is 5.55. The molecule has 0 aromatic heterocycles. The fourth-order valence-corrected chi connectivity index (χ4v) is 2.20. The van der Waals surface area contributed by atoms with Crippen LogP contribution in [0, 0.1) is 0 Å². The number of hydrazine groups is 1. The van der Waals surface area contributed by atoms with Crippen molar-refractivity contribution in [2.75, 3.05) is 7.11 Å². The molecule has 2 amide bonds. The zero-order chi connectivity index (χ0) is 15.9. The second-order valence-electron chi connectivity index (χ2n) is 4.54. The topological polar surface area (TPSA) is 67.4 Å². The van der Waals surface area contributed by atoms with E-state index >= 15 is 0 Å². The largest absolute Gasteiger partial charge is 0.497 e. The minimum atomic E-state index is -0.371. The van der Waals surface area contributed by atoms with E-state index in [1.807, 2.05) is 6.07 Å². The van der Waals surface area contributed by atoms with Gasteiger partial charge in [0, 0.05) is 10.0 Å². The summed E-state index contributed by atoms with van der Waals surface area (Å²) in [6, 6.07) is 14.1. The van der Waals surface area contributed by atoms with E-state index in [1.165, 1.54) is 0 Å². The molecular weight excluding hydrogens is 348 g/mol. The maximum Gasteiger partial charge on any atom is 0.269 e. The third kappa shape index (κ3) is 4.60. The van der Waals surface area contributed by atoms with Crippen LogP contribution in [0.15, 0.2) is 53.0 Å². The van der Waals surface area contributed by atoms with E-state index in [1.54, 1.807) is 49.6 Å². The molecule has 114 valence electrons. The molecule has 0 unspecified atom stereocenters. The fourth-order valence-electron chi connectivity index (χ4n) is 1.80. The van der Waals surface area contributed by atoms with Crippen LogP contribution in [-0.4, -0.2) is 18.9 Å². The van der Waals surface area contributed by atoms with Crippen molar-refractivity contribution in [3.63, 3.8) is 0 Å². The molecule has 2 aromatic rings. The van der Waals surface area contributed by atoms with Gasteiger partial charge in [-0.15, -0.1) is 0 Å². The molecule has 2 rings (SSSR count). The molecule has 0 saturated heterocycles. The van der Waals surface area contributed by atoms with Gasteiger partial charge in [-0.3, -0.25) is 20.4 Å². The Morgan fingerprint density at radius 3 is 2.45 bits per heavy atom. The van der Waals surface area contributed by atoms with Gasteiger partial charge in [0.15, 0.2) is 0 Å². The second kappa shape index (κ2) is 7.61. The first-order valence-electron chi connectivity index (χ1n) is 6.56. The molecule has 0 aliphatic heterocycles. The number of ether oxygens (including phenoxy) is 1. The summed E-state index contributed by atoms with van der Waals surface area (Å²) in [4.78, 5) is 23.7. The number of carbonyl (C=O) groups excluding carboxylic acids is 2. The zero-order valence-electron chi connectivity index (χ0n) is 11.9. The number of rotatable bonds is 4. The summed E-state index contributed by atoms with van der Waals surface area (Å²) in [5.74, 6) is 0.0602. The van der Waals surface area contributed by atoms with Gasteiger partial charge >= 0.3 is 0 Å². The molecule has 0 aliphatic rings. The molecular formula is C16H15BrN2O3. The van der Waals surface area contributed by atoms with Crippen molar-refractivity contribution < 1.29 is 14.3 Å². The van der Waals surface area contributed by atoms with E-state index in [2.05, 4.69) is 26.8 Å². The lowest BCUT2D eigenvalue weighted by molar-refractivity contribution is -0.121. The molecule has 2 N–H and O–H groups in total. The number of benzene rings is 2. The number of halogens is 1. The van der Waals surface area contributed by atoms with E-state index in [4.69, 9.17) is 4.74 Å². The molecule has 0 atom stereocenters. The Balaban J connectivity index is 1.85. The summed E-state index contributed by atoms with van der Waals surface area (Å²) in [6.07, 6.45) is 0.169. The van der Waals surface area contributed by atoms with Gasteiger partial charge in [-0.1, -0.05) is 34.1 Å². The fraction of sp³-hybridized carbons (Fsp3) is 0.125. The molecule has 5 nitrogen and oxygen atoms in total. The molecule has 6 heteroatoms. The van der Waals surface area contributed by atoms with Gasteiger partial charge in [-0.25, -0.2) is 0 Å². The van der Waals surface area contributed by atoms with E-state index in [0.29, 0.717) is 5.56 Å². The minimum Gasteiger partial charge on any atom is -0.497 e. The predicted molar refractivity (Wildman–Crippen MR) is 86.4 cm³/mol. The van der Waals surface area contributed by atoms with Crippen LogP contribution in [0.5, 0.6) is 5.75 Å². The molecule has 0 radical (unpaired) electrons. The maximum absolute atomic E-state index is 11.9. The number of amides is 2. The summed E-state index contributed by atoms with van der Waals surface area (Å²) >= 11 is 3.29. The lowest BCUT2D eigenvalue weighted by Gasteiger charge is -2.08. The van der Waals surface area contributed by atoms with Crippen LogP contribution in [-0.2, 0) is 11.2 Å². The SMILES string of the molecule is COc1ccc(CC(=O)NNC(=O)c2cccc(Br)c2)cc1. The van der Waals surface area contributed by atoms with Crippen molar-refractivity contribution in [3.8, 4) is 5.75 Å². The second-order valence-corrected chi connectivity index (χ2v) is 5.45. The van der Waals surface area contributed by atoms with Crippen LogP contribution in [0.3, 0.4) is 0 Å². The van der Waals surface area contributed by atoms with Crippen LogP contribution >= 0.6 is 15.9 Å². The molecule has 0 heterocycles. The summed E-state index contributed by atoms with van der Waals surface area (Å²) in [5, 5.41) is 0. The third-order valence-corrected chi connectivity index (χ3v) is 3.42. The average Bonchev–Trinajstić information content (AvgIpc) is 2.53. The highest BCUT2D eigenvalue weighted by molar-refractivity contribution is 9.10. The number of methoxy groups -OCH3 is 1. The number of hydrogen-bond acceptors (Lipinski definition) is 3. The number of carbonyl (C=O) groups is 2. The van der Waals surface area contributed by atoms with Gasteiger partial charge in [0.2, 0.25) is 5.91 Å². The van der Waals surface area contributed by atoms with Crippen molar-refractivity contribution >= 4 is 27.7 Å². The van der Waals surface area contributed by atoms with Gasteiger partial charge in [0.05, 0.1) is 13.5 Å². The van der Waals surface area contributed by atoms with E-state index in [-0.39, 0.29) is 18.2 Å². The Morgan fingerprint density at radius 2 is 1.82 bits per heavy atom. The molecule has 0 aliphatic carbocycles. The maximum atomic E-state index is 11.9. The van der Waals surface area contributed by atoms with Crippen molar-refractivity contribution in [2.45, 2.75) is 6.42 Å². The molecule has 0 spiro atoms. The van der Waals surface area contributed by atoms with Gasteiger partial charge in [-0.05, 0) is 35.9 Å². The molecule has 22 heavy (non-hydrogen) atoms. The lowest BCUT2D eigenvalue weighted by atomic mass is 10.1. The molecule has 2 aromatic carbocycles. The summed E-state index contributed by atoms with van der Waals surface area (Å²) < 4.78 is 5.85. The summed E-state index contributed by atoms with van der Waals surface area (Å²) in [5.41, 5.74) is 6.06. The number of hydrogen-bond donors (Lipinski definition) is 2. The van der Waals surface area contributed by atoms with E-state index in [0.717, 1.165) is 15.8 Å². The summed E-state index contributed by atoms with van der Waals surface area (Å²) in [7, 11) is 1.58. The van der Waals surface area contributed by atoms with Gasteiger partial charge in [0.1, 0.15) is 5.75 Å². The van der Waals surface area contributed by atoms with Gasteiger partial charge < -0.3 is 4.74 Å². The Morgan fingerprint density at radius 1 is 1.09 bits per heavy atom. The first-order valence-corrected chi connectivity index (χ1v) is 7.35. The Hall–Kier alpha value is -2.34. The highest BCUT2D eigenvalue weighted by atomic mass is 79.9. The minimum absolute atomic E-state index is 0.169. The van der Waals surface area contributed by atoms with Crippen molar-refractivity contribution in [3.05, 3.63) is 64.1 Å². The standard InChI is InChI=1S/C16H15BrN2O3/c1-22-14-7-5-11(6-8-14)9-15(20)18-19-16(21)12-3-2-4-13(17)10-12/h2-8,10H,9H2,1H3,(H,18,20)(H,19,21). The normalized spacial score (nSPS) is 9.91. The number of nitrogens with one attached hydrogen (secondary N) is 2. The smallest absolute Gasteiger partial charge is 0.269 e. The molecule has 0 saturated carbocycles. The molecule has 0 bridgehead atoms. The Bertz CT molecular complexity index is 671. The van der Waals surface area contributed by atoms with Crippen LogP contribution in [0.2, 0.25) is 0 Å². The first kappa shape index (κ1) is 16.0. The van der Waals surface area contributed by atoms with Gasteiger partial charge in [0.25, 0.3) is 5.91 Å². The molecule has 0 fully saturated rings. The van der Waals surface area contributed by atoms with Crippen LogP contribution in [0.4, 0.5) is 0 Å². The zero-order valence-corrected chi connectivity index (χ0v) is 13.5. The van der Waals surface area contributed by atoms with E-state index in [9.17, 15) is 9.59 Å². The highest BCUT2D eigenvalue weighted by Gasteiger charge is 2.08. The van der Waals surface area contributed by atoms with Crippen LogP contribution < -0.4 is 15.6 Å². The quantitative estimate of drug-likeness (QED) is 0.821. The van der Waals surface area contributed by atoms with Crippen LogP contribution in [0.1, 0.15) is 15.9 Å². The monoisotopic (exact) mass is 362 g/mol. The highest BCUT2D eigenvalue weighted by Crippen LogP contribution is 2.12. The van der Waals surface area contributed by atoms with Gasteiger partial charge in [-0.2, -0.15) is 0 Å². The van der Waals surface area contributed by atoms with Crippen molar-refractivity contribution in [1.82, 2.24) is 10.9 Å². The lowest BCUT2D eigenvalue weighted by Crippen LogP contribution is -2.42. The predicted octanol–water partition coefficient (Wildman–Crippen LogP) is 2.46. The third-order valence-electron chi connectivity index (χ3n) is 2.93. The Labute approximate surface area is 136 Å².